The zero-order valence-electron chi connectivity index (χ0n) is 7.16. The number of aromatic nitrogens is 2. The molecule has 64 valence electrons. The summed E-state index contributed by atoms with van der Waals surface area (Å²) in [6.45, 7) is 4.18. The Labute approximate surface area is 71.0 Å². The van der Waals surface area contributed by atoms with E-state index < -0.39 is 0 Å². The minimum Gasteiger partial charge on any atom is -0.354 e. The molecular weight excluding hydrogens is 154 g/mol. The van der Waals surface area contributed by atoms with E-state index >= 15 is 0 Å². The summed E-state index contributed by atoms with van der Waals surface area (Å²) < 4.78 is 0. The number of hydrogen-bond acceptors (Lipinski definition) is 4. The maximum atomic E-state index is 10.9. The summed E-state index contributed by atoms with van der Waals surface area (Å²) in [5, 5.41) is 2.93. The van der Waals surface area contributed by atoms with Crippen molar-refractivity contribution in [1.82, 2.24) is 9.97 Å². The molecule has 1 heterocycles. The molecular formula is C8H11N3O. The summed E-state index contributed by atoms with van der Waals surface area (Å²) in [6.07, 6.45) is 1.57. The highest BCUT2D eigenvalue weighted by Crippen LogP contribution is 2.00. The van der Waals surface area contributed by atoms with Crippen LogP contribution in [0.15, 0.2) is 12.3 Å². The first-order chi connectivity index (χ1) is 5.74. The second-order valence-electron chi connectivity index (χ2n) is 2.35. The van der Waals surface area contributed by atoms with E-state index in [2.05, 4.69) is 15.3 Å². The van der Waals surface area contributed by atoms with Crippen LogP contribution in [0.2, 0.25) is 0 Å². The van der Waals surface area contributed by atoms with Gasteiger partial charge in [-0.15, -0.1) is 0 Å². The average Bonchev–Trinajstić information content (AvgIpc) is 2.05. The van der Waals surface area contributed by atoms with Crippen LogP contribution < -0.4 is 5.32 Å². The standard InChI is InChI=1S/C8H11N3O/c1-3-9-8-10-5-4-7(11-8)6(2)12/h4-5H,3H2,1-2H3,(H,9,10,11). The highest BCUT2D eigenvalue weighted by Gasteiger charge is 2.01. The monoisotopic (exact) mass is 165 g/mol. The van der Waals surface area contributed by atoms with Crippen LogP contribution in [0, 0.1) is 0 Å². The Morgan fingerprint density at radius 3 is 3.00 bits per heavy atom. The molecule has 1 N–H and O–H groups in total. The summed E-state index contributed by atoms with van der Waals surface area (Å²) in [4.78, 5) is 18.8. The second-order valence-corrected chi connectivity index (χ2v) is 2.35. The lowest BCUT2D eigenvalue weighted by molar-refractivity contribution is 0.101. The number of nitrogens with zero attached hydrogens (tertiary/aromatic N) is 2. The molecule has 0 aromatic carbocycles. The molecule has 1 rings (SSSR count). The lowest BCUT2D eigenvalue weighted by atomic mass is 10.3. The van der Waals surface area contributed by atoms with Crippen molar-refractivity contribution in [2.75, 3.05) is 11.9 Å². The number of carbonyl (C=O) groups is 1. The van der Waals surface area contributed by atoms with Crippen molar-refractivity contribution in [3.8, 4) is 0 Å². The third kappa shape index (κ3) is 2.02. The molecule has 0 fully saturated rings. The minimum absolute atomic E-state index is 0.0449. The topological polar surface area (TPSA) is 54.9 Å². The molecule has 1 aromatic heterocycles. The van der Waals surface area contributed by atoms with Gasteiger partial charge in [-0.2, -0.15) is 0 Å². The van der Waals surface area contributed by atoms with E-state index in [0.717, 1.165) is 6.54 Å². The van der Waals surface area contributed by atoms with Gasteiger partial charge in [0.15, 0.2) is 5.78 Å². The average molecular weight is 165 g/mol. The fraction of sp³-hybridized carbons (Fsp3) is 0.375. The van der Waals surface area contributed by atoms with Crippen molar-refractivity contribution in [3.63, 3.8) is 0 Å². The molecule has 0 saturated heterocycles. The molecule has 4 nitrogen and oxygen atoms in total. The molecule has 12 heavy (non-hydrogen) atoms. The smallest absolute Gasteiger partial charge is 0.223 e. The molecule has 0 radical (unpaired) electrons. The van der Waals surface area contributed by atoms with Crippen LogP contribution in [-0.4, -0.2) is 22.3 Å². The van der Waals surface area contributed by atoms with E-state index in [0.29, 0.717) is 11.6 Å². The van der Waals surface area contributed by atoms with E-state index in [9.17, 15) is 4.79 Å². The highest BCUT2D eigenvalue weighted by molar-refractivity contribution is 5.92. The van der Waals surface area contributed by atoms with E-state index in [-0.39, 0.29) is 5.78 Å². The molecule has 0 atom stereocenters. The van der Waals surface area contributed by atoms with Gasteiger partial charge in [0.1, 0.15) is 5.69 Å². The number of hydrogen-bond donors (Lipinski definition) is 1. The predicted molar refractivity (Wildman–Crippen MR) is 46.2 cm³/mol. The number of rotatable bonds is 3. The van der Waals surface area contributed by atoms with E-state index in [1.165, 1.54) is 6.92 Å². The quantitative estimate of drug-likeness (QED) is 0.682. The number of nitrogens with one attached hydrogen (secondary N) is 1. The lowest BCUT2D eigenvalue weighted by Crippen LogP contribution is -2.05. The SMILES string of the molecule is CCNc1nccc(C(C)=O)n1. The van der Waals surface area contributed by atoms with Gasteiger partial charge in [0.2, 0.25) is 5.95 Å². The van der Waals surface area contributed by atoms with Crippen LogP contribution in [-0.2, 0) is 0 Å². The molecule has 0 saturated carbocycles. The van der Waals surface area contributed by atoms with Crippen molar-refractivity contribution >= 4 is 11.7 Å². The zero-order chi connectivity index (χ0) is 8.97. The molecule has 0 bridgehead atoms. The van der Waals surface area contributed by atoms with Gasteiger partial charge in [0.05, 0.1) is 0 Å². The Morgan fingerprint density at radius 1 is 1.67 bits per heavy atom. The molecule has 0 unspecified atom stereocenters. The Kier molecular flexibility index (Phi) is 2.74. The normalized spacial score (nSPS) is 9.50. The van der Waals surface area contributed by atoms with Crippen molar-refractivity contribution < 1.29 is 4.79 Å². The first kappa shape index (κ1) is 8.64. The van der Waals surface area contributed by atoms with Crippen LogP contribution in [0.3, 0.4) is 0 Å². The summed E-state index contributed by atoms with van der Waals surface area (Å²) in [5.74, 6) is 0.460. The maximum Gasteiger partial charge on any atom is 0.223 e. The third-order valence-corrected chi connectivity index (χ3v) is 1.35. The first-order valence-corrected chi connectivity index (χ1v) is 3.82. The molecule has 0 aliphatic rings. The molecule has 0 spiro atoms. The summed E-state index contributed by atoms with van der Waals surface area (Å²) in [6, 6.07) is 1.60. The van der Waals surface area contributed by atoms with Gasteiger partial charge in [-0.3, -0.25) is 4.79 Å². The fourth-order valence-corrected chi connectivity index (χ4v) is 0.798. The van der Waals surface area contributed by atoms with Crippen LogP contribution in [0.1, 0.15) is 24.3 Å². The van der Waals surface area contributed by atoms with Crippen molar-refractivity contribution in [1.29, 1.82) is 0 Å². The minimum atomic E-state index is -0.0449. The highest BCUT2D eigenvalue weighted by atomic mass is 16.1. The van der Waals surface area contributed by atoms with Crippen molar-refractivity contribution in [3.05, 3.63) is 18.0 Å². The van der Waals surface area contributed by atoms with Crippen molar-refractivity contribution in [2.45, 2.75) is 13.8 Å². The van der Waals surface area contributed by atoms with Gasteiger partial charge < -0.3 is 5.32 Å². The van der Waals surface area contributed by atoms with Gasteiger partial charge in [0, 0.05) is 19.7 Å². The van der Waals surface area contributed by atoms with Crippen LogP contribution in [0.25, 0.3) is 0 Å². The van der Waals surface area contributed by atoms with Gasteiger partial charge in [-0.25, -0.2) is 9.97 Å². The van der Waals surface area contributed by atoms with E-state index in [4.69, 9.17) is 0 Å². The molecule has 0 aliphatic heterocycles. The Bertz CT molecular complexity index is 285. The fourth-order valence-electron chi connectivity index (χ4n) is 0.798. The van der Waals surface area contributed by atoms with E-state index in [1.54, 1.807) is 12.3 Å². The lowest BCUT2D eigenvalue weighted by Gasteiger charge is -2.00. The first-order valence-electron chi connectivity index (χ1n) is 3.82. The number of anilines is 1. The number of ketones is 1. The van der Waals surface area contributed by atoms with Crippen LogP contribution in [0.4, 0.5) is 5.95 Å². The van der Waals surface area contributed by atoms with E-state index in [1.807, 2.05) is 6.92 Å². The largest absolute Gasteiger partial charge is 0.354 e. The van der Waals surface area contributed by atoms with Crippen molar-refractivity contribution in [2.24, 2.45) is 0 Å². The summed E-state index contributed by atoms with van der Waals surface area (Å²) in [7, 11) is 0. The Balaban J connectivity index is 2.88. The molecule has 1 aromatic rings. The van der Waals surface area contributed by atoms with Gasteiger partial charge in [-0.1, -0.05) is 0 Å². The molecule has 4 heteroatoms. The van der Waals surface area contributed by atoms with Crippen LogP contribution in [0.5, 0.6) is 0 Å². The Hall–Kier alpha value is -1.45. The number of Topliss-reactive ketones (excluding diaryl/α,β-unsaturated/α-hetero) is 1. The third-order valence-electron chi connectivity index (χ3n) is 1.35. The molecule has 0 aliphatic carbocycles. The summed E-state index contributed by atoms with van der Waals surface area (Å²) >= 11 is 0. The number of carbonyl (C=O) groups excluding carboxylic acids is 1. The second kappa shape index (κ2) is 3.80. The van der Waals surface area contributed by atoms with Gasteiger partial charge in [0.25, 0.3) is 0 Å². The van der Waals surface area contributed by atoms with Gasteiger partial charge in [-0.05, 0) is 13.0 Å². The maximum absolute atomic E-state index is 10.9. The predicted octanol–water partition coefficient (Wildman–Crippen LogP) is 1.11. The van der Waals surface area contributed by atoms with Gasteiger partial charge >= 0.3 is 0 Å². The Morgan fingerprint density at radius 2 is 2.42 bits per heavy atom. The zero-order valence-corrected chi connectivity index (χ0v) is 7.16. The summed E-state index contributed by atoms with van der Waals surface area (Å²) in [5.41, 5.74) is 0.445. The van der Waals surface area contributed by atoms with Crippen LogP contribution >= 0.6 is 0 Å². The molecule has 0 amide bonds.